The van der Waals surface area contributed by atoms with E-state index in [-0.39, 0.29) is 80.4 Å². The van der Waals surface area contributed by atoms with Gasteiger partial charge in [-0.05, 0) is 62.1 Å². The van der Waals surface area contributed by atoms with E-state index in [0.717, 1.165) is 21.6 Å². The maximum atomic E-state index is 14.6. The average Bonchev–Trinajstić information content (AvgIpc) is 3.81. The van der Waals surface area contributed by atoms with Gasteiger partial charge in [0.25, 0.3) is 0 Å². The topological polar surface area (TPSA) is 367 Å². The normalized spacial score (nSPS) is 23.9. The zero-order chi connectivity index (χ0) is 53.8. The monoisotopic (exact) mass is 1050 g/mol. The molecule has 0 aliphatic carbocycles. The Morgan fingerprint density at radius 1 is 0.764 bits per heavy atom. The maximum absolute atomic E-state index is 14.6. The number of rotatable bonds is 20. The molecule has 0 spiro atoms. The number of amides is 9. The maximum Gasteiger partial charge on any atom is 0.246 e. The molecule has 9 atom stereocenters. The van der Waals surface area contributed by atoms with E-state index in [4.69, 9.17) is 17.2 Å². The number of carbonyl (C=O) groups is 12. The minimum absolute atomic E-state index is 0.0440. The smallest absolute Gasteiger partial charge is 0.246 e. The molecule has 1 aromatic carbocycles. The van der Waals surface area contributed by atoms with Crippen LogP contribution in [0.3, 0.4) is 0 Å². The zero-order valence-corrected chi connectivity index (χ0v) is 43.2. The molecule has 2 heterocycles. The average molecular weight is 1050 g/mol. The number of nitrogens with zero attached hydrogens (tertiary/aromatic N) is 1. The Balaban J connectivity index is 2.12. The van der Waals surface area contributed by atoms with E-state index in [0.29, 0.717) is 18.4 Å². The van der Waals surface area contributed by atoms with Crippen LogP contribution in [-0.2, 0) is 64.0 Å². The molecule has 72 heavy (non-hydrogen) atoms. The number of carbonyl (C=O) groups excluding carboxylic acids is 12. The summed E-state index contributed by atoms with van der Waals surface area (Å²) in [6, 6.07) is -1.82. The standard InChI is InChI=1S/C48H71N9O13S2/c1-6-26(4)42-47(69)52-32(13-15-39(49)62)38(61)21-29(22-41(51)64)43(65)55-35(48(70)57-17-7-8-36(57)46(68)53-33(18-25(2)3)37(60)14-16-40(50)63)24-72-71-23-30(19-27(5)58)44(66)54-34(45(67)56-42)20-28-9-11-31(59)12-10-28/h9-12,25-26,29-30,32-36,42,59H,6-8,13-24H2,1-5H3,(H2,49,62)(H2,50,63)(H2,51,64)(H,52,69)(H,53,68)(H,54,66)(H,55,65)(H,56,67)/t26-,29-,30-,32-,33-,34-,35-,36-,42-/m0/s1. The van der Waals surface area contributed by atoms with Gasteiger partial charge in [-0.15, -0.1) is 0 Å². The van der Waals surface area contributed by atoms with Crippen LogP contribution in [0, 0.1) is 23.7 Å². The summed E-state index contributed by atoms with van der Waals surface area (Å²) in [6.45, 7) is 8.45. The minimum atomic E-state index is -1.52. The number of likely N-dealkylation sites (tertiary alicyclic amines) is 1. The lowest BCUT2D eigenvalue weighted by atomic mass is 9.91. The highest BCUT2D eigenvalue weighted by atomic mass is 33.1. The summed E-state index contributed by atoms with van der Waals surface area (Å²) in [5.41, 5.74) is 16.8. The Hall–Kier alpha value is -6.04. The van der Waals surface area contributed by atoms with Crippen molar-refractivity contribution in [3.05, 3.63) is 29.8 Å². The Labute approximate surface area is 427 Å². The summed E-state index contributed by atoms with van der Waals surface area (Å²) in [5, 5.41) is 23.4. The van der Waals surface area contributed by atoms with Gasteiger partial charge in [-0.25, -0.2) is 0 Å². The number of phenols is 1. The molecule has 3 rings (SSSR count). The van der Waals surface area contributed by atoms with E-state index in [1.54, 1.807) is 13.8 Å². The molecule has 0 saturated carbocycles. The summed E-state index contributed by atoms with van der Waals surface area (Å²) in [6.07, 6.45) is -1.85. The third-order valence-corrected chi connectivity index (χ3v) is 14.9. The van der Waals surface area contributed by atoms with Crippen LogP contribution in [0.1, 0.15) is 111 Å². The number of hydrogen-bond donors (Lipinski definition) is 9. The third-order valence-electron chi connectivity index (χ3n) is 12.4. The van der Waals surface area contributed by atoms with Crippen molar-refractivity contribution in [2.45, 2.75) is 148 Å². The van der Waals surface area contributed by atoms with E-state index in [1.807, 2.05) is 13.8 Å². The van der Waals surface area contributed by atoms with Crippen LogP contribution < -0.4 is 43.8 Å². The molecule has 24 heteroatoms. The lowest BCUT2D eigenvalue weighted by Gasteiger charge is -2.31. The van der Waals surface area contributed by atoms with Gasteiger partial charge in [0.2, 0.25) is 53.2 Å². The first-order valence-corrected chi connectivity index (χ1v) is 26.6. The van der Waals surface area contributed by atoms with Gasteiger partial charge < -0.3 is 58.6 Å². The van der Waals surface area contributed by atoms with Crippen LogP contribution in [0.15, 0.2) is 24.3 Å². The second-order valence-corrected chi connectivity index (χ2v) is 21.5. The minimum Gasteiger partial charge on any atom is -0.508 e. The van der Waals surface area contributed by atoms with Gasteiger partial charge in [0, 0.05) is 63.0 Å². The number of hydrogen-bond acceptors (Lipinski definition) is 15. The van der Waals surface area contributed by atoms with E-state index in [2.05, 4.69) is 26.6 Å². The summed E-state index contributed by atoms with van der Waals surface area (Å²) in [7, 11) is 2.11. The van der Waals surface area contributed by atoms with Gasteiger partial charge in [-0.3, -0.25) is 52.7 Å². The number of primary amides is 3. The molecule has 398 valence electrons. The molecule has 9 amide bonds. The molecule has 12 N–H and O–H groups in total. The van der Waals surface area contributed by atoms with Crippen molar-refractivity contribution in [2.24, 2.45) is 40.9 Å². The summed E-state index contributed by atoms with van der Waals surface area (Å²) in [4.78, 5) is 163. The number of Topliss-reactive ketones (excluding diaryl/α,β-unsaturated/α-hetero) is 3. The Kier molecular flexibility index (Phi) is 24.7. The third kappa shape index (κ3) is 19.9. The number of aromatic hydroxyl groups is 1. The number of ketones is 3. The molecule has 0 unspecified atom stereocenters. The lowest BCUT2D eigenvalue weighted by molar-refractivity contribution is -0.142. The molecule has 0 bridgehead atoms. The Morgan fingerprint density at radius 2 is 1.39 bits per heavy atom. The summed E-state index contributed by atoms with van der Waals surface area (Å²) in [5.74, 6) is -12.3. The molecule has 22 nitrogen and oxygen atoms in total. The molecule has 1 aromatic rings. The largest absolute Gasteiger partial charge is 0.508 e. The van der Waals surface area contributed by atoms with Crippen LogP contribution in [-0.4, -0.2) is 135 Å². The number of nitrogens with one attached hydrogen (secondary N) is 5. The molecular weight excluding hydrogens is 975 g/mol. The van der Waals surface area contributed by atoms with Crippen LogP contribution in [0.2, 0.25) is 0 Å². The number of phenolic OH excluding ortho intramolecular Hbond substituents is 1. The SMILES string of the molecule is CC[C@H](C)[C@@H]1NC(=O)[C@H](Cc2ccc(O)cc2)NC(=O)[C@@H](CC(C)=O)CSSC[C@@H](C(=O)N2CCC[C@H]2C(=O)N[C@@H](CC(C)C)C(=O)CCC(N)=O)NC(=O)[C@H](CC(N)=O)CC(=O)[C@H](CCC(N)=O)NC1=O. The van der Waals surface area contributed by atoms with Crippen LogP contribution >= 0.6 is 21.6 Å². The van der Waals surface area contributed by atoms with Crippen molar-refractivity contribution < 1.29 is 62.6 Å². The molecule has 2 fully saturated rings. The number of benzene rings is 1. The number of nitrogens with two attached hydrogens (primary N) is 3. The van der Waals surface area contributed by atoms with Gasteiger partial charge in [-0.1, -0.05) is 67.8 Å². The van der Waals surface area contributed by atoms with Crippen molar-refractivity contribution in [1.29, 1.82) is 0 Å². The van der Waals surface area contributed by atoms with Gasteiger partial charge >= 0.3 is 0 Å². The van der Waals surface area contributed by atoms with Crippen molar-refractivity contribution in [1.82, 2.24) is 31.5 Å². The first-order valence-electron chi connectivity index (χ1n) is 24.1. The first-order chi connectivity index (χ1) is 33.9. The fraction of sp³-hybridized carbons (Fsp3) is 0.625. The van der Waals surface area contributed by atoms with Gasteiger partial charge in [-0.2, -0.15) is 0 Å². The van der Waals surface area contributed by atoms with Crippen LogP contribution in [0.5, 0.6) is 5.75 Å². The summed E-state index contributed by atoms with van der Waals surface area (Å²) < 4.78 is 0. The Bertz CT molecular complexity index is 2160. The fourth-order valence-electron chi connectivity index (χ4n) is 8.29. The van der Waals surface area contributed by atoms with Crippen molar-refractivity contribution >= 4 is 92.1 Å². The predicted molar refractivity (Wildman–Crippen MR) is 268 cm³/mol. The van der Waals surface area contributed by atoms with Crippen LogP contribution in [0.4, 0.5) is 0 Å². The molecule has 0 radical (unpaired) electrons. The molecular formula is C48H71N9O13S2. The highest BCUT2D eigenvalue weighted by Gasteiger charge is 2.41. The van der Waals surface area contributed by atoms with E-state index < -0.39 is 138 Å². The lowest BCUT2D eigenvalue weighted by Crippen LogP contribution is -2.58. The summed E-state index contributed by atoms with van der Waals surface area (Å²) >= 11 is 0. The second-order valence-electron chi connectivity index (χ2n) is 19.0. The molecule has 2 aliphatic heterocycles. The molecule has 2 aliphatic rings. The van der Waals surface area contributed by atoms with Crippen molar-refractivity contribution in [2.75, 3.05) is 18.1 Å². The Morgan fingerprint density at radius 3 is 1.99 bits per heavy atom. The van der Waals surface area contributed by atoms with Gasteiger partial charge in [0.15, 0.2) is 11.6 Å². The van der Waals surface area contributed by atoms with Gasteiger partial charge in [0.1, 0.15) is 35.7 Å². The zero-order valence-electron chi connectivity index (χ0n) is 41.5. The second kappa shape index (κ2) is 29.5. The van der Waals surface area contributed by atoms with Crippen molar-refractivity contribution in [3.8, 4) is 5.75 Å². The fourth-order valence-corrected chi connectivity index (χ4v) is 10.8. The highest BCUT2D eigenvalue weighted by Crippen LogP contribution is 2.29. The van der Waals surface area contributed by atoms with Crippen molar-refractivity contribution in [3.63, 3.8) is 0 Å². The first kappa shape index (κ1) is 60.3. The predicted octanol–water partition coefficient (Wildman–Crippen LogP) is -0.0169. The quantitative estimate of drug-likeness (QED) is 0.0776. The molecule has 0 aromatic heterocycles. The van der Waals surface area contributed by atoms with E-state index >= 15 is 0 Å². The molecule has 2 saturated heterocycles. The van der Waals surface area contributed by atoms with Gasteiger partial charge in [0.05, 0.1) is 23.9 Å². The van der Waals surface area contributed by atoms with Crippen LogP contribution in [0.25, 0.3) is 0 Å². The van der Waals surface area contributed by atoms with E-state index in [1.165, 1.54) is 36.1 Å². The van der Waals surface area contributed by atoms with E-state index in [9.17, 15) is 62.6 Å². The highest BCUT2D eigenvalue weighted by molar-refractivity contribution is 8.76.